The smallest absolute Gasteiger partial charge is 0.153 e. The molecule has 0 aliphatic carbocycles. The van der Waals surface area contributed by atoms with Gasteiger partial charge in [0.25, 0.3) is 0 Å². The molecule has 1 unspecified atom stereocenters. The summed E-state index contributed by atoms with van der Waals surface area (Å²) in [5, 5.41) is 24.3. The average molecular weight is 275 g/mol. The van der Waals surface area contributed by atoms with Crippen LogP contribution in [0.1, 0.15) is 26.1 Å². The summed E-state index contributed by atoms with van der Waals surface area (Å²) < 4.78 is 1.69. The lowest BCUT2D eigenvalue weighted by Gasteiger charge is -2.26. The van der Waals surface area contributed by atoms with Crippen LogP contribution in [-0.2, 0) is 0 Å². The predicted octanol–water partition coefficient (Wildman–Crippen LogP) is 1.79. The Hall–Kier alpha value is -1.95. The Bertz CT molecular complexity index is 562. The second kappa shape index (κ2) is 6.00. The van der Waals surface area contributed by atoms with E-state index in [0.29, 0.717) is 0 Å². The molecule has 0 aliphatic rings. The first-order valence-corrected chi connectivity index (χ1v) is 6.78. The van der Waals surface area contributed by atoms with Crippen LogP contribution in [-0.4, -0.2) is 38.5 Å². The number of aliphatic hydroxyl groups is 1. The van der Waals surface area contributed by atoms with E-state index in [4.69, 9.17) is 0 Å². The highest BCUT2D eigenvalue weighted by Gasteiger charge is 2.20. The summed E-state index contributed by atoms with van der Waals surface area (Å²) in [4.78, 5) is 0. The third-order valence-electron chi connectivity index (χ3n) is 3.67. The minimum absolute atomic E-state index is 0.110. The lowest BCUT2D eigenvalue weighted by molar-refractivity contribution is 0.149. The Kier molecular flexibility index (Phi) is 4.34. The van der Waals surface area contributed by atoms with Gasteiger partial charge < -0.3 is 10.4 Å². The quantitative estimate of drug-likeness (QED) is 0.840. The number of hydrogen-bond donors (Lipinski definition) is 2. The van der Waals surface area contributed by atoms with Gasteiger partial charge in [-0.05, 0) is 42.0 Å². The molecule has 1 aromatic carbocycles. The summed E-state index contributed by atoms with van der Waals surface area (Å²) >= 11 is 0. The van der Waals surface area contributed by atoms with E-state index in [2.05, 4.69) is 34.7 Å². The molecule has 0 radical (unpaired) electrons. The summed E-state index contributed by atoms with van der Waals surface area (Å²) in [6, 6.07) is 7.91. The predicted molar refractivity (Wildman–Crippen MR) is 77.9 cm³/mol. The van der Waals surface area contributed by atoms with E-state index < -0.39 is 0 Å². The van der Waals surface area contributed by atoms with E-state index in [1.807, 2.05) is 31.2 Å². The molecule has 2 N–H and O–H groups in total. The Morgan fingerprint density at radius 3 is 2.80 bits per heavy atom. The molecule has 108 valence electrons. The Morgan fingerprint density at radius 1 is 1.40 bits per heavy atom. The van der Waals surface area contributed by atoms with Gasteiger partial charge in [0.2, 0.25) is 0 Å². The molecular formula is C14H21N5O. The topological polar surface area (TPSA) is 75.9 Å². The van der Waals surface area contributed by atoms with Crippen LogP contribution in [0.4, 0.5) is 5.69 Å². The fraction of sp³-hybridized carbons (Fsp3) is 0.500. The van der Waals surface area contributed by atoms with E-state index in [9.17, 15) is 5.11 Å². The van der Waals surface area contributed by atoms with Crippen LogP contribution in [0.2, 0.25) is 0 Å². The molecule has 0 bridgehead atoms. The van der Waals surface area contributed by atoms with Gasteiger partial charge in [0.05, 0.1) is 12.3 Å². The number of aryl methyl sites for hydroxylation is 1. The fourth-order valence-electron chi connectivity index (χ4n) is 1.83. The van der Waals surface area contributed by atoms with Crippen molar-refractivity contribution in [3.05, 3.63) is 30.1 Å². The maximum atomic E-state index is 9.43. The molecule has 0 spiro atoms. The summed E-state index contributed by atoms with van der Waals surface area (Å²) in [6.45, 7) is 6.90. The zero-order valence-electron chi connectivity index (χ0n) is 12.2. The summed E-state index contributed by atoms with van der Waals surface area (Å²) in [5.74, 6) is 0.746. The minimum atomic E-state index is -0.110. The van der Waals surface area contributed by atoms with Gasteiger partial charge >= 0.3 is 0 Å². The van der Waals surface area contributed by atoms with Gasteiger partial charge in [-0.1, -0.05) is 19.9 Å². The van der Waals surface area contributed by atoms with Gasteiger partial charge in [-0.3, -0.25) is 0 Å². The van der Waals surface area contributed by atoms with Crippen molar-refractivity contribution >= 4 is 5.69 Å². The van der Waals surface area contributed by atoms with Crippen molar-refractivity contribution in [1.82, 2.24) is 20.2 Å². The molecule has 20 heavy (non-hydrogen) atoms. The zero-order valence-corrected chi connectivity index (χ0v) is 12.2. The van der Waals surface area contributed by atoms with Gasteiger partial charge in [-0.25, -0.2) is 0 Å². The van der Waals surface area contributed by atoms with Crippen molar-refractivity contribution in [3.63, 3.8) is 0 Å². The SMILES string of the molecule is CCC(C)(CO)CNc1cccc(-n2nnnc2C)c1. The fourth-order valence-corrected chi connectivity index (χ4v) is 1.83. The first-order chi connectivity index (χ1) is 9.58. The van der Waals surface area contributed by atoms with E-state index in [-0.39, 0.29) is 12.0 Å². The highest BCUT2D eigenvalue weighted by Crippen LogP contribution is 2.22. The molecule has 0 fully saturated rings. The van der Waals surface area contributed by atoms with Crippen LogP contribution in [0.15, 0.2) is 24.3 Å². The number of rotatable bonds is 6. The Balaban J connectivity index is 2.13. The molecule has 1 aromatic heterocycles. The van der Waals surface area contributed by atoms with Crippen molar-refractivity contribution in [1.29, 1.82) is 0 Å². The van der Waals surface area contributed by atoms with Crippen LogP contribution in [0.25, 0.3) is 5.69 Å². The number of nitrogens with one attached hydrogen (secondary N) is 1. The summed E-state index contributed by atoms with van der Waals surface area (Å²) in [7, 11) is 0. The van der Waals surface area contributed by atoms with Crippen LogP contribution in [0, 0.1) is 12.3 Å². The standard InChI is InChI=1S/C14H21N5O/c1-4-14(3,10-20)9-15-12-6-5-7-13(8-12)19-11(2)16-17-18-19/h5-8,15,20H,4,9-10H2,1-3H3. The van der Waals surface area contributed by atoms with Gasteiger partial charge in [-0.15, -0.1) is 5.10 Å². The van der Waals surface area contributed by atoms with Crippen LogP contribution < -0.4 is 5.32 Å². The monoisotopic (exact) mass is 275 g/mol. The molecule has 0 amide bonds. The van der Waals surface area contributed by atoms with Crippen LogP contribution in [0.5, 0.6) is 0 Å². The van der Waals surface area contributed by atoms with Crippen LogP contribution in [0.3, 0.4) is 0 Å². The number of aromatic nitrogens is 4. The molecule has 0 aliphatic heterocycles. The average Bonchev–Trinajstić information content (AvgIpc) is 2.91. The lowest BCUT2D eigenvalue weighted by Crippen LogP contribution is -2.29. The minimum Gasteiger partial charge on any atom is -0.396 e. The molecule has 0 saturated carbocycles. The summed E-state index contributed by atoms with van der Waals surface area (Å²) in [6.07, 6.45) is 0.919. The van der Waals surface area contributed by atoms with E-state index >= 15 is 0 Å². The van der Waals surface area contributed by atoms with Crippen molar-refractivity contribution < 1.29 is 5.11 Å². The molecule has 2 aromatic rings. The van der Waals surface area contributed by atoms with Gasteiger partial charge in [0, 0.05) is 17.6 Å². The number of hydrogen-bond acceptors (Lipinski definition) is 5. The zero-order chi connectivity index (χ0) is 14.6. The van der Waals surface area contributed by atoms with Gasteiger partial charge in [0.15, 0.2) is 5.82 Å². The summed E-state index contributed by atoms with van der Waals surface area (Å²) in [5.41, 5.74) is 1.80. The second-order valence-electron chi connectivity index (χ2n) is 5.36. The third kappa shape index (κ3) is 3.14. The molecule has 1 atom stereocenters. The van der Waals surface area contributed by atoms with E-state index in [0.717, 1.165) is 30.2 Å². The van der Waals surface area contributed by atoms with Crippen molar-refractivity contribution in [3.8, 4) is 5.69 Å². The number of benzene rings is 1. The third-order valence-corrected chi connectivity index (χ3v) is 3.67. The first kappa shape index (κ1) is 14.5. The van der Waals surface area contributed by atoms with Crippen molar-refractivity contribution in [2.24, 2.45) is 5.41 Å². The molecule has 2 rings (SSSR count). The number of tetrazole rings is 1. The van der Waals surface area contributed by atoms with Gasteiger partial charge in [-0.2, -0.15) is 4.68 Å². The first-order valence-electron chi connectivity index (χ1n) is 6.78. The van der Waals surface area contributed by atoms with Crippen molar-refractivity contribution in [2.45, 2.75) is 27.2 Å². The van der Waals surface area contributed by atoms with Crippen LogP contribution >= 0.6 is 0 Å². The normalized spacial score (nSPS) is 14.0. The maximum Gasteiger partial charge on any atom is 0.153 e. The number of anilines is 1. The molecule has 6 nitrogen and oxygen atoms in total. The van der Waals surface area contributed by atoms with Crippen molar-refractivity contribution in [2.75, 3.05) is 18.5 Å². The molecule has 6 heteroatoms. The van der Waals surface area contributed by atoms with E-state index in [1.54, 1.807) is 4.68 Å². The number of aliphatic hydroxyl groups excluding tert-OH is 1. The highest BCUT2D eigenvalue weighted by atomic mass is 16.3. The molecular weight excluding hydrogens is 254 g/mol. The molecule has 1 heterocycles. The molecule has 0 saturated heterocycles. The maximum absolute atomic E-state index is 9.43. The van der Waals surface area contributed by atoms with Gasteiger partial charge in [0.1, 0.15) is 0 Å². The largest absolute Gasteiger partial charge is 0.396 e. The lowest BCUT2D eigenvalue weighted by atomic mass is 9.88. The van der Waals surface area contributed by atoms with E-state index in [1.165, 1.54) is 0 Å². The Labute approximate surface area is 118 Å². The Morgan fingerprint density at radius 2 is 2.20 bits per heavy atom. The second-order valence-corrected chi connectivity index (χ2v) is 5.36. The number of nitrogens with zero attached hydrogens (tertiary/aromatic N) is 4. The highest BCUT2D eigenvalue weighted by molar-refractivity contribution is 5.51.